The minimum absolute atomic E-state index is 0.0227. The molecular weight excluding hydrogens is 934 g/mol. The molecule has 388 valence electrons. The van der Waals surface area contributed by atoms with Crippen molar-refractivity contribution in [3.8, 4) is 11.1 Å². The minimum Gasteiger partial charge on any atom is -0.456 e. The van der Waals surface area contributed by atoms with Crippen LogP contribution in [0.15, 0.2) is 162 Å². The monoisotopic (exact) mass is 1010 g/mol. The molecule has 4 aliphatic rings. The Balaban J connectivity index is 1.19. The first-order valence-corrected chi connectivity index (χ1v) is 28.6. The Morgan fingerprint density at radius 2 is 0.961 bits per heavy atom. The van der Waals surface area contributed by atoms with Gasteiger partial charge in [-0.05, 0) is 158 Å². The molecular formula is C72H76BN3O. The lowest BCUT2D eigenvalue weighted by Crippen LogP contribution is -2.61. The van der Waals surface area contributed by atoms with Crippen LogP contribution in [0.5, 0.6) is 0 Å². The third-order valence-corrected chi connectivity index (χ3v) is 18.8. The average molecular weight is 1010 g/mol. The van der Waals surface area contributed by atoms with Gasteiger partial charge in [-0.15, -0.1) is 0 Å². The van der Waals surface area contributed by atoms with Crippen molar-refractivity contribution in [3.05, 3.63) is 186 Å². The molecule has 1 aromatic heterocycles. The Labute approximate surface area is 459 Å². The number of rotatable bonds is 4. The van der Waals surface area contributed by atoms with E-state index >= 15 is 0 Å². The molecule has 4 heterocycles. The number of fused-ring (bicyclic) bond motifs is 10. The SMILES string of the molecule is CC(C)(C)c1ccc(N2c3cc(C(C)(C)C)ccc3B3c4ccc(C(C)(C)C)cc4N(c4ccc5oc6ccccc6c5c4)c4cc(N5c6ccc(C(C)(C)C)cc6C6(C)CCCCC56C)cc2c43)c(-c2ccccc2)c1. The highest BCUT2D eigenvalue weighted by molar-refractivity contribution is 7.00. The van der Waals surface area contributed by atoms with E-state index in [2.05, 4.69) is 269 Å². The van der Waals surface area contributed by atoms with E-state index < -0.39 is 0 Å². The van der Waals surface area contributed by atoms with Gasteiger partial charge in [-0.25, -0.2) is 0 Å². The predicted molar refractivity (Wildman–Crippen MR) is 331 cm³/mol. The molecule has 0 radical (unpaired) electrons. The number of anilines is 8. The second-order valence-corrected chi connectivity index (χ2v) is 27.8. The summed E-state index contributed by atoms with van der Waals surface area (Å²) in [5.74, 6) is 0. The number of benzene rings is 8. The van der Waals surface area contributed by atoms with Gasteiger partial charge in [-0.1, -0.05) is 194 Å². The highest BCUT2D eigenvalue weighted by Gasteiger charge is 2.58. The summed E-state index contributed by atoms with van der Waals surface area (Å²) in [6.45, 7) is 33.4. The molecule has 3 aliphatic heterocycles. The zero-order valence-electron chi connectivity index (χ0n) is 48.2. The highest BCUT2D eigenvalue weighted by Crippen LogP contribution is 2.62. The van der Waals surface area contributed by atoms with Crippen molar-refractivity contribution in [1.29, 1.82) is 0 Å². The zero-order chi connectivity index (χ0) is 53.9. The van der Waals surface area contributed by atoms with Crippen LogP contribution in [0.25, 0.3) is 33.1 Å². The average Bonchev–Trinajstić information content (AvgIpc) is 4.14. The van der Waals surface area contributed by atoms with Crippen molar-refractivity contribution in [1.82, 2.24) is 0 Å². The van der Waals surface area contributed by atoms with Crippen molar-refractivity contribution in [2.45, 2.75) is 155 Å². The Morgan fingerprint density at radius 1 is 0.429 bits per heavy atom. The largest absolute Gasteiger partial charge is 0.456 e. The third-order valence-electron chi connectivity index (χ3n) is 18.8. The molecule has 77 heavy (non-hydrogen) atoms. The molecule has 2 unspecified atom stereocenters. The predicted octanol–water partition coefficient (Wildman–Crippen LogP) is 18.3. The van der Waals surface area contributed by atoms with Gasteiger partial charge in [-0.3, -0.25) is 0 Å². The van der Waals surface area contributed by atoms with Gasteiger partial charge in [0.15, 0.2) is 0 Å². The smallest absolute Gasteiger partial charge is 0.252 e. The van der Waals surface area contributed by atoms with E-state index in [1.807, 2.05) is 0 Å². The summed E-state index contributed by atoms with van der Waals surface area (Å²) in [7, 11) is 0. The maximum absolute atomic E-state index is 6.56. The first-order chi connectivity index (χ1) is 36.4. The number of para-hydroxylation sites is 1. The van der Waals surface area contributed by atoms with Gasteiger partial charge in [0.05, 0.1) is 11.2 Å². The van der Waals surface area contributed by atoms with Crippen LogP contribution in [0, 0.1) is 0 Å². The summed E-state index contributed by atoms with van der Waals surface area (Å²) in [5.41, 5.74) is 24.5. The van der Waals surface area contributed by atoms with Crippen LogP contribution >= 0.6 is 0 Å². The van der Waals surface area contributed by atoms with Crippen molar-refractivity contribution >= 4 is 90.5 Å². The summed E-state index contributed by atoms with van der Waals surface area (Å²) in [6, 6.07) is 61.5. The highest BCUT2D eigenvalue weighted by atomic mass is 16.3. The van der Waals surface area contributed by atoms with E-state index in [0.29, 0.717) is 0 Å². The second-order valence-electron chi connectivity index (χ2n) is 27.8. The zero-order valence-corrected chi connectivity index (χ0v) is 48.2. The van der Waals surface area contributed by atoms with Crippen LogP contribution in [-0.4, -0.2) is 12.3 Å². The van der Waals surface area contributed by atoms with E-state index in [1.165, 1.54) is 108 Å². The van der Waals surface area contributed by atoms with Gasteiger partial charge < -0.3 is 19.1 Å². The fraction of sp³-hybridized carbons (Fsp3) is 0.333. The summed E-state index contributed by atoms with van der Waals surface area (Å²) in [5, 5.41) is 2.26. The summed E-state index contributed by atoms with van der Waals surface area (Å²) in [6.07, 6.45) is 4.70. The fourth-order valence-electron chi connectivity index (χ4n) is 14.1. The van der Waals surface area contributed by atoms with Crippen LogP contribution in [0.2, 0.25) is 0 Å². The first kappa shape index (κ1) is 49.6. The maximum atomic E-state index is 6.56. The number of furan rings is 1. The van der Waals surface area contributed by atoms with Crippen molar-refractivity contribution in [2.24, 2.45) is 0 Å². The van der Waals surface area contributed by atoms with E-state index in [0.717, 1.165) is 40.5 Å². The van der Waals surface area contributed by atoms with Crippen LogP contribution in [-0.2, 0) is 27.1 Å². The molecule has 1 aliphatic carbocycles. The van der Waals surface area contributed by atoms with Gasteiger partial charge in [0.1, 0.15) is 11.2 Å². The Hall–Kier alpha value is -6.98. The van der Waals surface area contributed by atoms with Gasteiger partial charge in [0.25, 0.3) is 6.71 Å². The molecule has 0 saturated heterocycles. The molecule has 13 rings (SSSR count). The molecule has 0 bridgehead atoms. The van der Waals surface area contributed by atoms with E-state index in [4.69, 9.17) is 4.42 Å². The van der Waals surface area contributed by atoms with Crippen LogP contribution in [0.3, 0.4) is 0 Å². The lowest BCUT2D eigenvalue weighted by Gasteiger charge is -2.51. The quantitative estimate of drug-likeness (QED) is 0.164. The van der Waals surface area contributed by atoms with E-state index in [9.17, 15) is 0 Å². The van der Waals surface area contributed by atoms with Gasteiger partial charge in [0, 0.05) is 61.6 Å². The Morgan fingerprint density at radius 3 is 1.61 bits per heavy atom. The number of nitrogens with zero attached hydrogens (tertiary/aromatic N) is 3. The van der Waals surface area contributed by atoms with E-state index in [-0.39, 0.29) is 39.3 Å². The Bertz CT molecular complexity index is 3870. The second kappa shape index (κ2) is 16.8. The van der Waals surface area contributed by atoms with Crippen molar-refractivity contribution < 1.29 is 4.42 Å². The molecule has 1 fully saturated rings. The lowest BCUT2D eigenvalue weighted by atomic mass is 9.33. The summed E-state index contributed by atoms with van der Waals surface area (Å²) < 4.78 is 6.56. The molecule has 2 atom stereocenters. The van der Waals surface area contributed by atoms with Crippen molar-refractivity contribution in [2.75, 3.05) is 14.7 Å². The van der Waals surface area contributed by atoms with Crippen LogP contribution in [0.1, 0.15) is 150 Å². The molecule has 0 N–H and O–H groups in total. The minimum atomic E-state index is -0.184. The van der Waals surface area contributed by atoms with Gasteiger partial charge >= 0.3 is 0 Å². The van der Waals surface area contributed by atoms with Crippen LogP contribution < -0.4 is 31.1 Å². The lowest BCUT2D eigenvalue weighted by molar-refractivity contribution is 0.195. The molecule has 4 nitrogen and oxygen atoms in total. The molecule has 9 aromatic rings. The van der Waals surface area contributed by atoms with Crippen LogP contribution in [0.4, 0.5) is 45.5 Å². The topological polar surface area (TPSA) is 22.9 Å². The molecule has 0 amide bonds. The molecule has 1 saturated carbocycles. The van der Waals surface area contributed by atoms with Gasteiger partial charge in [0.2, 0.25) is 0 Å². The standard InChI is InChI=1S/C72H76BN3O/c1-67(2,3)46-28-33-58(53(38-46)45-22-16-15-17-23-45)75-61-41-49(70(10,11)12)27-32-57(61)73-56-31-26-48(69(7,8)9)40-60(56)74(50-30-35-65-54(42-50)52-24-18-19-25-64(52)77-65)62-43-51(44-63(75)66(62)73)76-59-34-29-47(68(4,5)6)39-55(59)71(13)36-20-21-37-72(71,76)14/h15-19,22-35,38-44H,20-21,36-37H2,1-14H3. The first-order valence-electron chi connectivity index (χ1n) is 28.6. The number of hydrogen-bond acceptors (Lipinski definition) is 4. The number of hydrogen-bond donors (Lipinski definition) is 0. The summed E-state index contributed by atoms with van der Waals surface area (Å²) in [4.78, 5) is 8.16. The molecule has 8 aromatic carbocycles. The fourth-order valence-corrected chi connectivity index (χ4v) is 14.1. The van der Waals surface area contributed by atoms with E-state index in [1.54, 1.807) is 0 Å². The normalized spacial score (nSPS) is 19.1. The Kier molecular flexibility index (Phi) is 10.8. The molecule has 0 spiro atoms. The molecule has 5 heteroatoms. The maximum Gasteiger partial charge on any atom is 0.252 e. The van der Waals surface area contributed by atoms with Crippen molar-refractivity contribution in [3.63, 3.8) is 0 Å². The van der Waals surface area contributed by atoms with Gasteiger partial charge in [-0.2, -0.15) is 0 Å². The summed E-state index contributed by atoms with van der Waals surface area (Å²) >= 11 is 0. The third kappa shape index (κ3) is 7.52.